The Morgan fingerprint density at radius 2 is 2.38 bits per heavy atom. The summed E-state index contributed by atoms with van der Waals surface area (Å²) in [6.07, 6.45) is 3.80. The Kier molecular flexibility index (Phi) is 2.90. The molecule has 0 aliphatic carbocycles. The number of nitrogens with zero attached hydrogens (tertiary/aromatic N) is 1. The van der Waals surface area contributed by atoms with Gasteiger partial charge in [0, 0.05) is 42.8 Å². The van der Waals surface area contributed by atoms with Gasteiger partial charge in [0.05, 0.1) is 0 Å². The zero-order valence-corrected chi connectivity index (χ0v) is 9.13. The maximum atomic E-state index is 13.7. The molecule has 3 nitrogen and oxygen atoms in total. The smallest absolute Gasteiger partial charge is 0.129 e. The lowest BCUT2D eigenvalue weighted by Gasteiger charge is -2.06. The van der Waals surface area contributed by atoms with Crippen LogP contribution in [0.2, 0.25) is 0 Å². The number of hydrogen-bond acceptors (Lipinski definition) is 3. The molecule has 16 heavy (non-hydrogen) atoms. The summed E-state index contributed by atoms with van der Waals surface area (Å²) >= 11 is 0. The van der Waals surface area contributed by atoms with Crippen LogP contribution < -0.4 is 11.1 Å². The molecule has 0 atom stereocenters. The summed E-state index contributed by atoms with van der Waals surface area (Å²) in [5, 5.41) is 3.15. The number of halogens is 1. The van der Waals surface area contributed by atoms with E-state index in [1.165, 1.54) is 12.3 Å². The van der Waals surface area contributed by atoms with E-state index in [0.717, 1.165) is 35.4 Å². The highest BCUT2D eigenvalue weighted by atomic mass is 19.1. The molecule has 1 aromatic carbocycles. The van der Waals surface area contributed by atoms with Crippen LogP contribution in [0.1, 0.15) is 11.1 Å². The molecule has 0 unspecified atom stereocenters. The third kappa shape index (κ3) is 1.78. The van der Waals surface area contributed by atoms with Crippen LogP contribution in [0.25, 0.3) is 5.57 Å². The highest BCUT2D eigenvalue weighted by Crippen LogP contribution is 2.28. The van der Waals surface area contributed by atoms with Crippen LogP contribution in [0.3, 0.4) is 0 Å². The van der Waals surface area contributed by atoms with E-state index in [2.05, 4.69) is 10.3 Å². The second kappa shape index (κ2) is 4.35. The van der Waals surface area contributed by atoms with Gasteiger partial charge in [0.25, 0.3) is 0 Å². The van der Waals surface area contributed by atoms with Crippen LogP contribution in [0.5, 0.6) is 0 Å². The summed E-state index contributed by atoms with van der Waals surface area (Å²) < 4.78 is 13.7. The second-order valence-electron chi connectivity index (χ2n) is 3.67. The van der Waals surface area contributed by atoms with Crippen molar-refractivity contribution in [1.82, 2.24) is 0 Å². The van der Waals surface area contributed by atoms with Gasteiger partial charge in [-0.2, -0.15) is 0 Å². The highest BCUT2D eigenvalue weighted by molar-refractivity contribution is 6.09. The molecule has 0 aromatic heterocycles. The molecule has 1 aromatic rings. The lowest BCUT2D eigenvalue weighted by atomic mass is 10.0. The lowest BCUT2D eigenvalue weighted by molar-refractivity contribution is 0.615. The molecule has 0 fully saturated rings. The Morgan fingerprint density at radius 1 is 1.56 bits per heavy atom. The highest BCUT2D eigenvalue weighted by Gasteiger charge is 2.16. The van der Waals surface area contributed by atoms with Gasteiger partial charge in [-0.05, 0) is 24.1 Å². The fourth-order valence-electron chi connectivity index (χ4n) is 1.89. The van der Waals surface area contributed by atoms with Crippen molar-refractivity contribution in [2.45, 2.75) is 6.42 Å². The SMILES string of the molecule is CN=CC(=CN)c1cc(F)c2c(c1)NCC2. The van der Waals surface area contributed by atoms with Crippen molar-refractivity contribution in [3.05, 3.63) is 35.3 Å². The van der Waals surface area contributed by atoms with E-state index in [0.29, 0.717) is 0 Å². The van der Waals surface area contributed by atoms with Crippen LogP contribution in [0, 0.1) is 5.82 Å². The summed E-state index contributed by atoms with van der Waals surface area (Å²) in [6, 6.07) is 3.41. The summed E-state index contributed by atoms with van der Waals surface area (Å²) in [5.74, 6) is -0.179. The number of allylic oxidation sites excluding steroid dienone is 1. The lowest BCUT2D eigenvalue weighted by Crippen LogP contribution is -1.95. The molecule has 2 rings (SSSR count). The number of hydrogen-bond donors (Lipinski definition) is 2. The van der Waals surface area contributed by atoms with E-state index in [1.807, 2.05) is 6.07 Å². The Bertz CT molecular complexity index is 464. The van der Waals surface area contributed by atoms with Gasteiger partial charge < -0.3 is 11.1 Å². The van der Waals surface area contributed by atoms with Gasteiger partial charge >= 0.3 is 0 Å². The van der Waals surface area contributed by atoms with Gasteiger partial charge in [-0.3, -0.25) is 4.99 Å². The van der Waals surface area contributed by atoms with Gasteiger partial charge in [0.2, 0.25) is 0 Å². The first-order chi connectivity index (χ1) is 7.76. The van der Waals surface area contributed by atoms with Crippen molar-refractivity contribution in [3.63, 3.8) is 0 Å². The minimum absolute atomic E-state index is 0.179. The molecule has 4 heteroatoms. The van der Waals surface area contributed by atoms with Crippen LogP contribution in [-0.4, -0.2) is 19.8 Å². The normalized spacial score (nSPS) is 15.2. The Morgan fingerprint density at radius 3 is 3.06 bits per heavy atom. The van der Waals surface area contributed by atoms with E-state index in [4.69, 9.17) is 5.73 Å². The average molecular weight is 219 g/mol. The third-order valence-electron chi connectivity index (χ3n) is 2.67. The van der Waals surface area contributed by atoms with Crippen LogP contribution in [-0.2, 0) is 6.42 Å². The molecule has 0 radical (unpaired) electrons. The fourth-order valence-corrected chi connectivity index (χ4v) is 1.89. The Labute approximate surface area is 93.9 Å². The van der Waals surface area contributed by atoms with Crippen molar-refractivity contribution in [3.8, 4) is 0 Å². The first kappa shape index (κ1) is 10.7. The number of anilines is 1. The quantitative estimate of drug-likeness (QED) is 0.745. The maximum absolute atomic E-state index is 13.7. The molecule has 0 spiro atoms. The van der Waals surface area contributed by atoms with Crippen molar-refractivity contribution in [2.24, 2.45) is 10.7 Å². The van der Waals surface area contributed by atoms with Gasteiger partial charge in [0.1, 0.15) is 5.82 Å². The molecular weight excluding hydrogens is 205 g/mol. The zero-order valence-electron chi connectivity index (χ0n) is 9.13. The number of nitrogens with two attached hydrogens (primary N) is 1. The minimum atomic E-state index is -0.179. The molecule has 1 aliphatic heterocycles. The molecular formula is C12H14FN3. The summed E-state index contributed by atoms with van der Waals surface area (Å²) in [5.41, 5.74) is 8.58. The largest absolute Gasteiger partial charge is 0.404 e. The van der Waals surface area contributed by atoms with E-state index >= 15 is 0 Å². The Hall–Kier alpha value is -1.84. The molecule has 0 bridgehead atoms. The maximum Gasteiger partial charge on any atom is 0.129 e. The summed E-state index contributed by atoms with van der Waals surface area (Å²) in [7, 11) is 1.66. The van der Waals surface area contributed by atoms with Crippen molar-refractivity contribution in [2.75, 3.05) is 18.9 Å². The zero-order chi connectivity index (χ0) is 11.5. The van der Waals surface area contributed by atoms with Gasteiger partial charge in [-0.15, -0.1) is 0 Å². The predicted molar refractivity (Wildman–Crippen MR) is 65.2 cm³/mol. The molecule has 1 aliphatic rings. The Balaban J connectivity index is 2.47. The van der Waals surface area contributed by atoms with Crippen molar-refractivity contribution < 1.29 is 4.39 Å². The first-order valence-corrected chi connectivity index (χ1v) is 5.17. The van der Waals surface area contributed by atoms with E-state index in [-0.39, 0.29) is 5.82 Å². The summed E-state index contributed by atoms with van der Waals surface area (Å²) in [4.78, 5) is 3.89. The second-order valence-corrected chi connectivity index (χ2v) is 3.67. The number of nitrogens with one attached hydrogen (secondary N) is 1. The van der Waals surface area contributed by atoms with Crippen LogP contribution >= 0.6 is 0 Å². The number of rotatable bonds is 2. The molecule has 0 saturated heterocycles. The van der Waals surface area contributed by atoms with Crippen LogP contribution in [0.15, 0.2) is 23.3 Å². The predicted octanol–water partition coefficient (Wildman–Crippen LogP) is 1.79. The number of aliphatic imine (C=N–C) groups is 1. The fraction of sp³-hybridized carbons (Fsp3) is 0.250. The first-order valence-electron chi connectivity index (χ1n) is 5.17. The van der Waals surface area contributed by atoms with Gasteiger partial charge in [0.15, 0.2) is 0 Å². The monoisotopic (exact) mass is 219 g/mol. The number of benzene rings is 1. The number of fused-ring (bicyclic) bond motifs is 1. The molecule has 84 valence electrons. The van der Waals surface area contributed by atoms with E-state index in [1.54, 1.807) is 13.3 Å². The summed E-state index contributed by atoms with van der Waals surface area (Å²) in [6.45, 7) is 0.791. The standard InChI is InChI=1S/C12H14FN3/c1-15-7-9(6-14)8-4-11(13)10-2-3-16-12(10)5-8/h4-7,16H,2-3,14H2,1H3. The van der Waals surface area contributed by atoms with E-state index < -0.39 is 0 Å². The van der Waals surface area contributed by atoms with Crippen molar-refractivity contribution >= 4 is 17.5 Å². The van der Waals surface area contributed by atoms with E-state index in [9.17, 15) is 4.39 Å². The van der Waals surface area contributed by atoms with Gasteiger partial charge in [-0.25, -0.2) is 4.39 Å². The molecule has 1 heterocycles. The van der Waals surface area contributed by atoms with Crippen molar-refractivity contribution in [1.29, 1.82) is 0 Å². The minimum Gasteiger partial charge on any atom is -0.404 e. The molecule has 0 saturated carbocycles. The third-order valence-corrected chi connectivity index (χ3v) is 2.67. The average Bonchev–Trinajstić information content (AvgIpc) is 2.74. The topological polar surface area (TPSA) is 50.4 Å². The molecule has 3 N–H and O–H groups in total. The van der Waals surface area contributed by atoms with Crippen LogP contribution in [0.4, 0.5) is 10.1 Å². The van der Waals surface area contributed by atoms with Gasteiger partial charge in [-0.1, -0.05) is 0 Å². The molecule has 0 amide bonds.